The maximum absolute atomic E-state index is 11.4. The monoisotopic (exact) mass is 362 g/mol. The first kappa shape index (κ1) is 19.1. The zero-order valence-electron chi connectivity index (χ0n) is 16.2. The number of benzene rings is 3. The van der Waals surface area contributed by atoms with Gasteiger partial charge in [0.25, 0.3) is 0 Å². The summed E-state index contributed by atoms with van der Waals surface area (Å²) in [6.45, 7) is 9.74. The lowest BCUT2D eigenvalue weighted by Crippen LogP contribution is -2.29. The van der Waals surface area contributed by atoms with E-state index in [-0.39, 0.29) is 6.10 Å². The second-order valence-electron chi connectivity index (χ2n) is 7.45. The highest BCUT2D eigenvalue weighted by Crippen LogP contribution is 2.27. The van der Waals surface area contributed by atoms with E-state index in [4.69, 9.17) is 9.47 Å². The van der Waals surface area contributed by atoms with Crippen LogP contribution in [0.3, 0.4) is 0 Å². The third-order valence-corrected chi connectivity index (χ3v) is 4.81. The van der Waals surface area contributed by atoms with Crippen molar-refractivity contribution in [2.75, 3.05) is 6.61 Å². The molecule has 0 aliphatic rings. The average molecular weight is 362 g/mol. The molecule has 0 saturated heterocycles. The average Bonchev–Trinajstić information content (AvgIpc) is 2.65. The third kappa shape index (κ3) is 4.75. The van der Waals surface area contributed by atoms with Crippen molar-refractivity contribution in [1.82, 2.24) is 0 Å². The van der Waals surface area contributed by atoms with Crippen molar-refractivity contribution in [3.63, 3.8) is 0 Å². The molecular formula is C24H26O3. The Bertz CT molecular complexity index is 972. The maximum atomic E-state index is 11.4. The van der Waals surface area contributed by atoms with Gasteiger partial charge in [-0.25, -0.2) is 4.79 Å². The van der Waals surface area contributed by atoms with Crippen LogP contribution in [0.5, 0.6) is 0 Å². The lowest BCUT2D eigenvalue weighted by molar-refractivity contribution is -0.152. The Balaban J connectivity index is 1.68. The fraction of sp³-hybridized carbons (Fsp3) is 0.292. The van der Waals surface area contributed by atoms with Crippen LogP contribution in [0.1, 0.15) is 38.9 Å². The maximum Gasteiger partial charge on any atom is 0.330 e. The number of hydrogen-bond acceptors (Lipinski definition) is 3. The van der Waals surface area contributed by atoms with Crippen LogP contribution >= 0.6 is 0 Å². The number of hydrogen-bond donors (Lipinski definition) is 0. The SMILES string of the molecule is C=CC(=O)OC(C)(C)CCOC(C)c1ccc2cc3ccccc3cc2c1. The van der Waals surface area contributed by atoms with E-state index in [2.05, 4.69) is 61.2 Å². The van der Waals surface area contributed by atoms with Gasteiger partial charge in [-0.15, -0.1) is 0 Å². The predicted octanol–water partition coefficient (Wildman–Crippen LogP) is 5.97. The normalized spacial score (nSPS) is 12.9. The highest BCUT2D eigenvalue weighted by molar-refractivity contribution is 5.98. The molecule has 0 saturated carbocycles. The second kappa shape index (κ2) is 7.93. The van der Waals surface area contributed by atoms with Crippen molar-refractivity contribution in [3.8, 4) is 0 Å². The Kier molecular flexibility index (Phi) is 5.62. The van der Waals surface area contributed by atoms with Crippen LogP contribution in [-0.4, -0.2) is 18.2 Å². The Labute approximate surface area is 160 Å². The second-order valence-corrected chi connectivity index (χ2v) is 7.45. The minimum absolute atomic E-state index is 0.0354. The first-order valence-corrected chi connectivity index (χ1v) is 9.27. The van der Waals surface area contributed by atoms with Gasteiger partial charge < -0.3 is 9.47 Å². The number of fused-ring (bicyclic) bond motifs is 2. The number of esters is 1. The van der Waals surface area contributed by atoms with Crippen LogP contribution in [0, 0.1) is 0 Å². The molecule has 0 aliphatic carbocycles. The molecule has 3 aromatic carbocycles. The molecule has 0 amide bonds. The van der Waals surface area contributed by atoms with E-state index in [1.165, 1.54) is 27.6 Å². The fourth-order valence-electron chi connectivity index (χ4n) is 3.15. The zero-order valence-corrected chi connectivity index (χ0v) is 16.2. The third-order valence-electron chi connectivity index (χ3n) is 4.81. The van der Waals surface area contributed by atoms with Crippen molar-refractivity contribution in [3.05, 3.63) is 72.8 Å². The van der Waals surface area contributed by atoms with Crippen LogP contribution in [-0.2, 0) is 14.3 Å². The molecule has 0 fully saturated rings. The van der Waals surface area contributed by atoms with Gasteiger partial charge in [-0.2, -0.15) is 0 Å². The molecule has 0 bridgehead atoms. The van der Waals surface area contributed by atoms with Gasteiger partial charge in [0.15, 0.2) is 0 Å². The molecule has 3 rings (SSSR count). The molecule has 1 atom stereocenters. The van der Waals surface area contributed by atoms with Crippen molar-refractivity contribution >= 4 is 27.5 Å². The van der Waals surface area contributed by atoms with E-state index >= 15 is 0 Å². The summed E-state index contributed by atoms with van der Waals surface area (Å²) in [6.07, 6.45) is 1.77. The van der Waals surface area contributed by atoms with Gasteiger partial charge in [0.2, 0.25) is 0 Å². The molecule has 0 radical (unpaired) electrons. The molecule has 140 valence electrons. The molecule has 27 heavy (non-hydrogen) atoms. The first-order chi connectivity index (χ1) is 12.9. The summed E-state index contributed by atoms with van der Waals surface area (Å²) < 4.78 is 11.3. The summed E-state index contributed by atoms with van der Waals surface area (Å²) in [4.78, 5) is 11.4. The topological polar surface area (TPSA) is 35.5 Å². The standard InChI is InChI=1S/C24H26O3/c1-5-23(25)27-24(3,4)12-13-26-17(2)18-10-11-21-15-19-8-6-7-9-20(19)16-22(21)14-18/h5-11,14-17H,1,12-13H2,2-4H3. The van der Waals surface area contributed by atoms with Crippen LogP contribution in [0.25, 0.3) is 21.5 Å². The van der Waals surface area contributed by atoms with E-state index in [1.807, 2.05) is 20.8 Å². The minimum atomic E-state index is -0.576. The minimum Gasteiger partial charge on any atom is -0.456 e. The van der Waals surface area contributed by atoms with E-state index < -0.39 is 11.6 Å². The molecule has 0 aromatic heterocycles. The largest absolute Gasteiger partial charge is 0.456 e. The number of carbonyl (C=O) groups is 1. The van der Waals surface area contributed by atoms with E-state index in [1.54, 1.807) is 0 Å². The van der Waals surface area contributed by atoms with Crippen LogP contribution < -0.4 is 0 Å². The molecule has 0 N–H and O–H groups in total. The van der Waals surface area contributed by atoms with Crippen molar-refractivity contribution < 1.29 is 14.3 Å². The Hall–Kier alpha value is -2.65. The zero-order chi connectivity index (χ0) is 19.4. The number of ether oxygens (including phenoxy) is 2. The summed E-state index contributed by atoms with van der Waals surface area (Å²) in [6, 6.07) is 19.3. The number of rotatable bonds is 7. The van der Waals surface area contributed by atoms with Crippen LogP contribution in [0.4, 0.5) is 0 Å². The van der Waals surface area contributed by atoms with E-state index in [0.717, 1.165) is 5.56 Å². The Morgan fingerprint density at radius 3 is 2.33 bits per heavy atom. The molecule has 3 nitrogen and oxygen atoms in total. The lowest BCUT2D eigenvalue weighted by atomic mass is 10.00. The quantitative estimate of drug-likeness (QED) is 0.295. The Morgan fingerprint density at radius 1 is 1.04 bits per heavy atom. The Morgan fingerprint density at radius 2 is 1.67 bits per heavy atom. The fourth-order valence-corrected chi connectivity index (χ4v) is 3.15. The van der Waals surface area contributed by atoms with E-state index in [9.17, 15) is 4.79 Å². The van der Waals surface area contributed by atoms with Gasteiger partial charge in [-0.3, -0.25) is 0 Å². The highest BCUT2D eigenvalue weighted by atomic mass is 16.6. The van der Waals surface area contributed by atoms with Gasteiger partial charge in [0, 0.05) is 12.5 Å². The summed E-state index contributed by atoms with van der Waals surface area (Å²) in [5.74, 6) is -0.408. The molecule has 3 heteroatoms. The van der Waals surface area contributed by atoms with Crippen molar-refractivity contribution in [1.29, 1.82) is 0 Å². The smallest absolute Gasteiger partial charge is 0.330 e. The summed E-state index contributed by atoms with van der Waals surface area (Å²) >= 11 is 0. The summed E-state index contributed by atoms with van der Waals surface area (Å²) in [5.41, 5.74) is 0.562. The van der Waals surface area contributed by atoms with Crippen molar-refractivity contribution in [2.45, 2.75) is 38.9 Å². The van der Waals surface area contributed by atoms with Crippen LogP contribution in [0.2, 0.25) is 0 Å². The first-order valence-electron chi connectivity index (χ1n) is 9.27. The highest BCUT2D eigenvalue weighted by Gasteiger charge is 2.22. The van der Waals surface area contributed by atoms with Gasteiger partial charge in [0.05, 0.1) is 12.7 Å². The number of carbonyl (C=O) groups excluding carboxylic acids is 1. The molecule has 3 aromatic rings. The predicted molar refractivity (Wildman–Crippen MR) is 111 cm³/mol. The lowest BCUT2D eigenvalue weighted by Gasteiger charge is -2.25. The van der Waals surface area contributed by atoms with Gasteiger partial charge >= 0.3 is 5.97 Å². The molecular weight excluding hydrogens is 336 g/mol. The summed E-state index contributed by atoms with van der Waals surface area (Å²) in [7, 11) is 0. The molecule has 1 unspecified atom stereocenters. The molecule has 0 spiro atoms. The van der Waals surface area contributed by atoms with Gasteiger partial charge in [-0.05, 0) is 66.1 Å². The molecule has 0 aliphatic heterocycles. The molecule has 0 heterocycles. The van der Waals surface area contributed by atoms with E-state index in [0.29, 0.717) is 13.0 Å². The summed E-state index contributed by atoms with van der Waals surface area (Å²) in [5, 5.41) is 4.92. The van der Waals surface area contributed by atoms with Gasteiger partial charge in [0.1, 0.15) is 5.60 Å². The van der Waals surface area contributed by atoms with Crippen LogP contribution in [0.15, 0.2) is 67.3 Å². The van der Waals surface area contributed by atoms with Gasteiger partial charge in [-0.1, -0.05) is 43.0 Å². The van der Waals surface area contributed by atoms with Crippen molar-refractivity contribution in [2.24, 2.45) is 0 Å².